The lowest BCUT2D eigenvalue weighted by molar-refractivity contribution is -0.137. The first kappa shape index (κ1) is 12.6. The molecule has 2 N–H and O–H groups in total. The van der Waals surface area contributed by atoms with Crippen molar-refractivity contribution < 1.29 is 19.7 Å². The van der Waals surface area contributed by atoms with Crippen LogP contribution in [0.25, 0.3) is 0 Å². The Kier molecular flexibility index (Phi) is 4.87. The predicted molar refractivity (Wildman–Crippen MR) is 53.9 cm³/mol. The molecule has 0 saturated carbocycles. The molecule has 0 radical (unpaired) electrons. The topological polar surface area (TPSA) is 97.5 Å². The Morgan fingerprint density at radius 3 is 3.06 bits per heavy atom. The monoisotopic (exact) mass is 229 g/mol. The Bertz CT molecular complexity index is 339. The van der Waals surface area contributed by atoms with E-state index in [1.165, 1.54) is 11.8 Å². The molecule has 0 amide bonds. The summed E-state index contributed by atoms with van der Waals surface area (Å²) in [5.41, 5.74) is 0.620. The number of methoxy groups -OCH3 is 1. The summed E-state index contributed by atoms with van der Waals surface area (Å²) in [6.07, 6.45) is 1.36. The zero-order valence-electron chi connectivity index (χ0n) is 9.04. The van der Waals surface area contributed by atoms with E-state index in [-0.39, 0.29) is 19.6 Å². The molecule has 1 aromatic rings. The van der Waals surface area contributed by atoms with E-state index >= 15 is 0 Å². The number of hydrogen-bond acceptors (Lipinski definition) is 5. The van der Waals surface area contributed by atoms with E-state index in [0.717, 1.165) is 0 Å². The Morgan fingerprint density at radius 2 is 2.44 bits per heavy atom. The summed E-state index contributed by atoms with van der Waals surface area (Å²) in [6.45, 7) is 0.519. The van der Waals surface area contributed by atoms with Crippen LogP contribution in [0.2, 0.25) is 0 Å². The van der Waals surface area contributed by atoms with Crippen LogP contribution in [0.4, 0.5) is 0 Å². The molecule has 1 aromatic heterocycles. The standard InChI is InChI=1S/C9H15N3O4/c1-16-6-8(13)4-7-5-12(11-10-7)3-2-9(14)15/h5,8,13H,2-4,6H2,1H3,(H,14,15). The number of carboxylic acid groups (broad SMARTS) is 1. The van der Waals surface area contributed by atoms with Crippen LogP contribution >= 0.6 is 0 Å². The van der Waals surface area contributed by atoms with Gasteiger partial charge < -0.3 is 14.9 Å². The number of aliphatic hydroxyl groups is 1. The van der Waals surface area contributed by atoms with Crippen molar-refractivity contribution in [1.82, 2.24) is 15.0 Å². The van der Waals surface area contributed by atoms with Gasteiger partial charge in [-0.15, -0.1) is 5.10 Å². The van der Waals surface area contributed by atoms with Crippen molar-refractivity contribution in [2.24, 2.45) is 0 Å². The molecule has 7 nitrogen and oxygen atoms in total. The summed E-state index contributed by atoms with van der Waals surface area (Å²) >= 11 is 0. The first-order valence-electron chi connectivity index (χ1n) is 4.89. The average Bonchev–Trinajstić information content (AvgIpc) is 2.63. The number of rotatable bonds is 7. The zero-order valence-corrected chi connectivity index (χ0v) is 9.04. The van der Waals surface area contributed by atoms with Gasteiger partial charge >= 0.3 is 5.97 Å². The van der Waals surface area contributed by atoms with Crippen LogP contribution in [0, 0.1) is 0 Å². The molecular formula is C9H15N3O4. The Hall–Kier alpha value is -1.47. The Morgan fingerprint density at radius 1 is 1.69 bits per heavy atom. The smallest absolute Gasteiger partial charge is 0.305 e. The highest BCUT2D eigenvalue weighted by Crippen LogP contribution is 2.00. The number of aliphatic carboxylic acids is 1. The molecule has 1 unspecified atom stereocenters. The van der Waals surface area contributed by atoms with Crippen LogP contribution in [0.1, 0.15) is 12.1 Å². The summed E-state index contributed by atoms with van der Waals surface area (Å²) in [5, 5.41) is 25.5. The summed E-state index contributed by atoms with van der Waals surface area (Å²) in [7, 11) is 1.51. The normalized spacial score (nSPS) is 12.6. The number of carbonyl (C=O) groups is 1. The van der Waals surface area contributed by atoms with Gasteiger partial charge in [-0.2, -0.15) is 0 Å². The van der Waals surface area contributed by atoms with Gasteiger partial charge in [-0.25, -0.2) is 0 Å². The van der Waals surface area contributed by atoms with Crippen molar-refractivity contribution in [2.75, 3.05) is 13.7 Å². The summed E-state index contributed by atoms with van der Waals surface area (Å²) in [4.78, 5) is 10.3. The lowest BCUT2D eigenvalue weighted by Crippen LogP contribution is -2.17. The summed E-state index contributed by atoms with van der Waals surface area (Å²) < 4.78 is 6.23. The van der Waals surface area contributed by atoms with E-state index in [0.29, 0.717) is 12.1 Å². The van der Waals surface area contributed by atoms with E-state index in [1.54, 1.807) is 6.20 Å². The van der Waals surface area contributed by atoms with Crippen LogP contribution < -0.4 is 0 Å². The van der Waals surface area contributed by atoms with Gasteiger partial charge in [-0.05, 0) is 0 Å². The van der Waals surface area contributed by atoms with Gasteiger partial charge in [0.1, 0.15) is 0 Å². The largest absolute Gasteiger partial charge is 0.481 e. The van der Waals surface area contributed by atoms with Crippen molar-refractivity contribution in [1.29, 1.82) is 0 Å². The third kappa shape index (κ3) is 4.37. The summed E-state index contributed by atoms with van der Waals surface area (Å²) in [5.74, 6) is -0.878. The van der Waals surface area contributed by atoms with Crippen LogP contribution in [-0.4, -0.2) is 51.0 Å². The molecular weight excluding hydrogens is 214 g/mol. The van der Waals surface area contributed by atoms with Gasteiger partial charge in [0.15, 0.2) is 0 Å². The van der Waals surface area contributed by atoms with Crippen molar-refractivity contribution in [3.05, 3.63) is 11.9 Å². The fourth-order valence-corrected chi connectivity index (χ4v) is 1.24. The lowest BCUT2D eigenvalue weighted by Gasteiger charge is -2.05. The summed E-state index contributed by atoms with van der Waals surface area (Å²) in [6, 6.07) is 0. The van der Waals surface area contributed by atoms with Gasteiger partial charge in [-0.3, -0.25) is 9.48 Å². The molecule has 0 aliphatic carbocycles. The lowest BCUT2D eigenvalue weighted by atomic mass is 10.2. The van der Waals surface area contributed by atoms with Crippen LogP contribution in [0.5, 0.6) is 0 Å². The quantitative estimate of drug-likeness (QED) is 0.641. The molecule has 0 aliphatic heterocycles. The van der Waals surface area contributed by atoms with Crippen LogP contribution in [0.15, 0.2) is 6.20 Å². The number of nitrogens with zero attached hydrogens (tertiary/aromatic N) is 3. The molecule has 0 saturated heterocycles. The fourth-order valence-electron chi connectivity index (χ4n) is 1.24. The Labute approximate surface area is 92.6 Å². The van der Waals surface area contributed by atoms with Crippen molar-refractivity contribution in [3.63, 3.8) is 0 Å². The van der Waals surface area contributed by atoms with Gasteiger partial charge in [0.05, 0.1) is 31.4 Å². The second-order valence-electron chi connectivity index (χ2n) is 3.43. The first-order chi connectivity index (χ1) is 7.61. The maximum absolute atomic E-state index is 10.3. The SMILES string of the molecule is COCC(O)Cc1cn(CCC(=O)O)nn1. The van der Waals surface area contributed by atoms with E-state index in [4.69, 9.17) is 9.84 Å². The maximum atomic E-state index is 10.3. The molecule has 7 heteroatoms. The van der Waals surface area contributed by atoms with Crippen molar-refractivity contribution in [3.8, 4) is 0 Å². The maximum Gasteiger partial charge on any atom is 0.305 e. The molecule has 0 bridgehead atoms. The molecule has 0 fully saturated rings. The Balaban J connectivity index is 2.41. The highest BCUT2D eigenvalue weighted by molar-refractivity contribution is 5.66. The van der Waals surface area contributed by atoms with E-state index in [9.17, 15) is 9.90 Å². The molecule has 0 spiro atoms. The van der Waals surface area contributed by atoms with Crippen LogP contribution in [0.3, 0.4) is 0 Å². The number of carboxylic acids is 1. The minimum Gasteiger partial charge on any atom is -0.481 e. The van der Waals surface area contributed by atoms with Gasteiger partial charge in [0.2, 0.25) is 0 Å². The van der Waals surface area contributed by atoms with Gasteiger partial charge in [0, 0.05) is 19.7 Å². The number of hydrogen-bond donors (Lipinski definition) is 2. The minimum atomic E-state index is -0.878. The highest BCUT2D eigenvalue weighted by Gasteiger charge is 2.09. The molecule has 1 atom stereocenters. The molecule has 0 aromatic carbocycles. The van der Waals surface area contributed by atoms with E-state index < -0.39 is 12.1 Å². The van der Waals surface area contributed by atoms with Gasteiger partial charge in [-0.1, -0.05) is 5.21 Å². The molecule has 90 valence electrons. The van der Waals surface area contributed by atoms with E-state index in [1.807, 2.05) is 0 Å². The molecule has 16 heavy (non-hydrogen) atoms. The van der Waals surface area contributed by atoms with Gasteiger partial charge in [0.25, 0.3) is 0 Å². The number of aryl methyl sites for hydroxylation is 1. The third-order valence-corrected chi connectivity index (χ3v) is 1.94. The van der Waals surface area contributed by atoms with Crippen molar-refractivity contribution >= 4 is 5.97 Å². The number of aromatic nitrogens is 3. The van der Waals surface area contributed by atoms with E-state index in [2.05, 4.69) is 10.3 Å². The second-order valence-corrected chi connectivity index (χ2v) is 3.43. The number of aliphatic hydroxyl groups excluding tert-OH is 1. The minimum absolute atomic E-state index is 0.00340. The average molecular weight is 229 g/mol. The number of ether oxygens (including phenoxy) is 1. The van der Waals surface area contributed by atoms with Crippen LogP contribution in [-0.2, 0) is 22.5 Å². The first-order valence-corrected chi connectivity index (χ1v) is 4.89. The zero-order chi connectivity index (χ0) is 12.0. The molecule has 1 heterocycles. The predicted octanol–water partition coefficient (Wildman–Crippen LogP) is -0.697. The second kappa shape index (κ2) is 6.19. The molecule has 0 aliphatic rings. The highest BCUT2D eigenvalue weighted by atomic mass is 16.5. The van der Waals surface area contributed by atoms with Crippen molar-refractivity contribution in [2.45, 2.75) is 25.5 Å². The molecule has 1 rings (SSSR count). The third-order valence-electron chi connectivity index (χ3n) is 1.94. The fraction of sp³-hybridized carbons (Fsp3) is 0.667.